The molecule has 8 heteroatoms. The molecule has 25 heavy (non-hydrogen) atoms. The third-order valence-corrected chi connectivity index (χ3v) is 3.87. The van der Waals surface area contributed by atoms with Crippen molar-refractivity contribution in [2.24, 2.45) is 4.99 Å². The molecule has 2 rings (SSSR count). The topological polar surface area (TPSA) is 106 Å². The average Bonchev–Trinajstić information content (AvgIpc) is 3.04. The van der Waals surface area contributed by atoms with E-state index in [0.29, 0.717) is 19.0 Å². The molecule has 0 aliphatic rings. The number of aryl methyl sites for hydroxylation is 2. The van der Waals surface area contributed by atoms with E-state index in [4.69, 9.17) is 4.52 Å². The van der Waals surface area contributed by atoms with Gasteiger partial charge in [0.15, 0.2) is 5.96 Å². The maximum atomic E-state index is 10.7. The molecule has 0 atom stereocenters. The molecule has 0 unspecified atom stereocenters. The van der Waals surface area contributed by atoms with Crippen molar-refractivity contribution in [1.29, 1.82) is 0 Å². The first-order chi connectivity index (χ1) is 12.1. The molecule has 0 saturated carbocycles. The number of rotatable bonds is 7. The van der Waals surface area contributed by atoms with E-state index in [1.165, 1.54) is 12.1 Å². The number of non-ortho nitro benzene ring substituents is 1. The van der Waals surface area contributed by atoms with Gasteiger partial charge in [-0.05, 0) is 12.0 Å². The zero-order chi connectivity index (χ0) is 18.2. The fraction of sp³-hybridized carbons (Fsp3) is 0.412. The highest BCUT2D eigenvalue weighted by atomic mass is 16.6. The van der Waals surface area contributed by atoms with Crippen LogP contribution in [-0.4, -0.2) is 23.1 Å². The van der Waals surface area contributed by atoms with Gasteiger partial charge in [0.2, 0.25) is 0 Å². The van der Waals surface area contributed by atoms with Gasteiger partial charge >= 0.3 is 0 Å². The van der Waals surface area contributed by atoms with Crippen molar-refractivity contribution in [3.8, 4) is 0 Å². The van der Waals surface area contributed by atoms with Crippen molar-refractivity contribution in [3.63, 3.8) is 0 Å². The van der Waals surface area contributed by atoms with Gasteiger partial charge in [-0.2, -0.15) is 0 Å². The van der Waals surface area contributed by atoms with Gasteiger partial charge in [-0.1, -0.05) is 31.1 Å². The standard InChI is InChI=1S/C17H23N5O3/c1-4-15-14(16(5-2)25-21-15)11-20-17(18-3)19-10-12-6-8-13(9-7-12)22(23)24/h6-9H,4-5,10-11H2,1-3H3,(H2,18,19,20). The van der Waals surface area contributed by atoms with Gasteiger partial charge in [-0.25, -0.2) is 0 Å². The number of guanidine groups is 1. The number of nitro benzene ring substituents is 1. The van der Waals surface area contributed by atoms with Gasteiger partial charge in [0.05, 0.1) is 10.6 Å². The molecule has 0 aliphatic carbocycles. The molecule has 8 nitrogen and oxygen atoms in total. The maximum Gasteiger partial charge on any atom is 0.269 e. The molecule has 2 aromatic rings. The van der Waals surface area contributed by atoms with E-state index in [1.54, 1.807) is 19.2 Å². The van der Waals surface area contributed by atoms with Crippen molar-refractivity contribution in [1.82, 2.24) is 15.8 Å². The molecule has 1 aromatic heterocycles. The molecule has 0 radical (unpaired) electrons. The predicted molar refractivity (Wildman–Crippen MR) is 95.4 cm³/mol. The minimum absolute atomic E-state index is 0.0814. The number of nitro groups is 1. The van der Waals surface area contributed by atoms with Crippen molar-refractivity contribution >= 4 is 11.6 Å². The number of aromatic nitrogens is 1. The van der Waals surface area contributed by atoms with Crippen LogP contribution in [0.3, 0.4) is 0 Å². The average molecular weight is 345 g/mol. The number of hydrogen-bond donors (Lipinski definition) is 2. The number of hydrogen-bond acceptors (Lipinski definition) is 5. The van der Waals surface area contributed by atoms with Crippen LogP contribution in [0.2, 0.25) is 0 Å². The Labute approximate surface area is 146 Å². The summed E-state index contributed by atoms with van der Waals surface area (Å²) in [5, 5.41) is 21.2. The Morgan fingerprint density at radius 3 is 2.44 bits per heavy atom. The maximum absolute atomic E-state index is 10.7. The quantitative estimate of drug-likeness (QED) is 0.346. The minimum Gasteiger partial charge on any atom is -0.361 e. The fourth-order valence-corrected chi connectivity index (χ4v) is 2.45. The van der Waals surface area contributed by atoms with Crippen LogP contribution < -0.4 is 10.6 Å². The first-order valence-electron chi connectivity index (χ1n) is 8.23. The Morgan fingerprint density at radius 1 is 1.20 bits per heavy atom. The lowest BCUT2D eigenvalue weighted by molar-refractivity contribution is -0.384. The molecule has 0 spiro atoms. The summed E-state index contributed by atoms with van der Waals surface area (Å²) in [5.74, 6) is 1.53. The molecular weight excluding hydrogens is 322 g/mol. The van der Waals surface area contributed by atoms with Crippen LogP contribution in [0.4, 0.5) is 5.69 Å². The van der Waals surface area contributed by atoms with Crippen molar-refractivity contribution in [2.45, 2.75) is 39.8 Å². The Bertz CT molecular complexity index is 716. The van der Waals surface area contributed by atoms with Crippen molar-refractivity contribution < 1.29 is 9.45 Å². The van der Waals surface area contributed by atoms with Crippen LogP contribution in [0.15, 0.2) is 33.8 Å². The van der Waals surface area contributed by atoms with E-state index in [2.05, 4.69) is 20.8 Å². The Morgan fingerprint density at radius 2 is 1.88 bits per heavy atom. The summed E-state index contributed by atoms with van der Waals surface area (Å²) < 4.78 is 5.36. The lowest BCUT2D eigenvalue weighted by Crippen LogP contribution is -2.36. The van der Waals surface area contributed by atoms with Crippen molar-refractivity contribution in [3.05, 3.63) is 57.0 Å². The molecule has 134 valence electrons. The van der Waals surface area contributed by atoms with Gasteiger partial charge in [-0.3, -0.25) is 15.1 Å². The monoisotopic (exact) mass is 345 g/mol. The summed E-state index contributed by atoms with van der Waals surface area (Å²) in [4.78, 5) is 14.5. The minimum atomic E-state index is -0.409. The molecule has 0 saturated heterocycles. The van der Waals surface area contributed by atoms with E-state index in [-0.39, 0.29) is 5.69 Å². The van der Waals surface area contributed by atoms with Crippen LogP contribution in [0.5, 0.6) is 0 Å². The number of aliphatic imine (C=N–C) groups is 1. The third kappa shape index (κ3) is 4.79. The zero-order valence-corrected chi connectivity index (χ0v) is 14.7. The van der Waals surface area contributed by atoms with Crippen LogP contribution in [0.1, 0.15) is 36.4 Å². The fourth-order valence-electron chi connectivity index (χ4n) is 2.45. The normalized spacial score (nSPS) is 11.4. The third-order valence-electron chi connectivity index (χ3n) is 3.87. The molecule has 0 amide bonds. The van der Waals surface area contributed by atoms with Crippen LogP contribution >= 0.6 is 0 Å². The van der Waals surface area contributed by atoms with Gasteiger partial charge < -0.3 is 15.2 Å². The summed E-state index contributed by atoms with van der Waals surface area (Å²) in [7, 11) is 1.69. The van der Waals surface area contributed by atoms with E-state index < -0.39 is 4.92 Å². The van der Waals surface area contributed by atoms with E-state index in [0.717, 1.165) is 35.4 Å². The molecule has 1 heterocycles. The van der Waals surface area contributed by atoms with E-state index in [9.17, 15) is 10.1 Å². The molecule has 0 aliphatic heterocycles. The SMILES string of the molecule is CCc1noc(CC)c1CNC(=NC)NCc1ccc([N+](=O)[O-])cc1. The lowest BCUT2D eigenvalue weighted by atomic mass is 10.1. The lowest BCUT2D eigenvalue weighted by Gasteiger charge is -2.12. The smallest absolute Gasteiger partial charge is 0.269 e. The number of nitrogens with one attached hydrogen (secondary N) is 2. The molecule has 1 aromatic carbocycles. The summed E-state index contributed by atoms with van der Waals surface area (Å²) in [6, 6.07) is 6.43. The van der Waals surface area contributed by atoms with Crippen molar-refractivity contribution in [2.75, 3.05) is 7.05 Å². The Kier molecular flexibility index (Phi) is 6.50. The first kappa shape index (κ1) is 18.4. The number of nitrogens with zero attached hydrogens (tertiary/aromatic N) is 3. The van der Waals surface area contributed by atoms with E-state index in [1.807, 2.05) is 13.8 Å². The second-order valence-corrected chi connectivity index (χ2v) is 5.44. The zero-order valence-electron chi connectivity index (χ0n) is 14.7. The largest absolute Gasteiger partial charge is 0.361 e. The second kappa shape index (κ2) is 8.81. The summed E-state index contributed by atoms with van der Waals surface area (Å²) in [5.41, 5.74) is 3.04. The van der Waals surface area contributed by atoms with Crippen LogP contribution in [0.25, 0.3) is 0 Å². The first-order valence-corrected chi connectivity index (χ1v) is 8.23. The van der Waals surface area contributed by atoms with Gasteiger partial charge in [0.1, 0.15) is 5.76 Å². The Balaban J connectivity index is 1.93. The van der Waals surface area contributed by atoms with E-state index >= 15 is 0 Å². The van der Waals surface area contributed by atoms with Gasteiger partial charge in [0, 0.05) is 44.3 Å². The van der Waals surface area contributed by atoms with Gasteiger partial charge in [-0.15, -0.1) is 0 Å². The molecule has 0 fully saturated rings. The summed E-state index contributed by atoms with van der Waals surface area (Å²) >= 11 is 0. The Hall–Kier alpha value is -2.90. The van der Waals surface area contributed by atoms with Crippen LogP contribution in [0, 0.1) is 10.1 Å². The summed E-state index contributed by atoms with van der Waals surface area (Å²) in [6.45, 7) is 5.17. The molecular formula is C17H23N5O3. The highest BCUT2D eigenvalue weighted by molar-refractivity contribution is 5.79. The highest BCUT2D eigenvalue weighted by Gasteiger charge is 2.13. The second-order valence-electron chi connectivity index (χ2n) is 5.44. The number of benzene rings is 1. The molecule has 0 bridgehead atoms. The predicted octanol–water partition coefficient (Wildman–Crippen LogP) is 2.57. The summed E-state index contributed by atoms with van der Waals surface area (Å²) in [6.07, 6.45) is 1.61. The highest BCUT2D eigenvalue weighted by Crippen LogP contribution is 2.15. The molecule has 2 N–H and O–H groups in total. The van der Waals surface area contributed by atoms with Gasteiger partial charge in [0.25, 0.3) is 5.69 Å². The van der Waals surface area contributed by atoms with Crippen LogP contribution in [-0.2, 0) is 25.9 Å².